The van der Waals surface area contributed by atoms with Gasteiger partial charge in [0.05, 0.1) is 52.9 Å². The minimum absolute atomic E-state index is 0.121. The highest BCUT2D eigenvalue weighted by molar-refractivity contribution is 5.49. The van der Waals surface area contributed by atoms with Crippen molar-refractivity contribution < 1.29 is 85.3 Å². The summed E-state index contributed by atoms with van der Waals surface area (Å²) in [6, 6.07) is 120. The topological polar surface area (TPSA) is 166 Å². The van der Waals surface area contributed by atoms with Crippen molar-refractivity contribution in [3.63, 3.8) is 0 Å². The molecule has 0 atom stereocenters. The largest absolute Gasteiger partial charge is 0.489 e. The smallest absolute Gasteiger partial charge is 0.161 e. The van der Waals surface area contributed by atoms with Crippen LogP contribution in [0.4, 0.5) is 0 Å². The van der Waals surface area contributed by atoms with E-state index in [1.165, 1.54) is 0 Å². The molecule has 0 N–H and O–H groups in total. The SMILES string of the molecule is c1ccc(COc2cc(COc3cc(COCc4cc5c(cc4COCc4cc(OCc6cc(OCc7ccccc7)cc(OCc7ccccc7)c6)cc(OCc6cc(OCc7ccccc7)cc(OCc7ccccc7)c6)c4)OCCOCCOCCO5)cc(OCc4cc(OCc5ccccc5)cc(OCc5ccccc5)c4)c3)cc(OCc3ccccc3)c2)cc1. The Bertz CT molecular complexity index is 5030. The van der Waals surface area contributed by atoms with Crippen molar-refractivity contribution >= 4 is 0 Å². The molecule has 0 spiro atoms. The van der Waals surface area contributed by atoms with Gasteiger partial charge in [-0.15, -0.1) is 0 Å². The summed E-state index contributed by atoms with van der Waals surface area (Å²) in [5, 5.41) is 0. The Morgan fingerprint density at radius 1 is 0.146 bits per heavy atom. The van der Waals surface area contributed by atoms with E-state index in [4.69, 9.17) is 85.3 Å². The van der Waals surface area contributed by atoms with Gasteiger partial charge < -0.3 is 85.3 Å². The molecule has 1 aliphatic rings. The monoisotopic (exact) mass is 1740 g/mol. The molecule has 1 aliphatic heterocycles. The summed E-state index contributed by atoms with van der Waals surface area (Å²) < 4.78 is 117. The van der Waals surface area contributed by atoms with E-state index in [9.17, 15) is 0 Å². The van der Waals surface area contributed by atoms with Crippen molar-refractivity contribution in [3.05, 3.63) is 453 Å². The molecule has 0 radical (unpaired) electrons. The Morgan fingerprint density at radius 3 is 0.477 bits per heavy atom. The number of hydrogen-bond acceptors (Lipinski definition) is 18. The maximum absolute atomic E-state index is 6.88. The van der Waals surface area contributed by atoms with Crippen molar-refractivity contribution in [2.75, 3.05) is 39.6 Å². The molecule has 15 aromatic rings. The Labute approximate surface area is 759 Å². The first kappa shape index (κ1) is 88.8. The van der Waals surface area contributed by atoms with Gasteiger partial charge in [0.1, 0.15) is 161 Å². The van der Waals surface area contributed by atoms with Crippen molar-refractivity contribution in [1.82, 2.24) is 0 Å². The predicted molar refractivity (Wildman–Crippen MR) is 498 cm³/mol. The van der Waals surface area contributed by atoms with E-state index in [-0.39, 0.29) is 66.1 Å². The van der Waals surface area contributed by atoms with E-state index in [1.807, 2.05) is 364 Å². The van der Waals surface area contributed by atoms with Gasteiger partial charge in [0.25, 0.3) is 0 Å². The Morgan fingerprint density at radius 2 is 0.300 bits per heavy atom. The highest BCUT2D eigenvalue weighted by atomic mass is 16.6. The Kier molecular flexibility index (Phi) is 32.6. The van der Waals surface area contributed by atoms with Gasteiger partial charge in [0.2, 0.25) is 0 Å². The number of benzene rings is 15. The summed E-state index contributed by atoms with van der Waals surface area (Å²) in [5.41, 5.74) is 14.7. The average Bonchev–Trinajstić information content (AvgIpc) is 0.820. The molecule has 0 saturated heterocycles. The maximum atomic E-state index is 6.88. The van der Waals surface area contributed by atoms with Crippen molar-refractivity contribution in [1.29, 1.82) is 0 Å². The maximum Gasteiger partial charge on any atom is 0.161 e. The number of hydrogen-bond donors (Lipinski definition) is 0. The van der Waals surface area contributed by atoms with E-state index in [1.54, 1.807) is 0 Å². The first-order valence-electron chi connectivity index (χ1n) is 43.7. The van der Waals surface area contributed by atoms with Crippen LogP contribution in [0.15, 0.2) is 364 Å². The first-order chi connectivity index (χ1) is 64.3. The van der Waals surface area contributed by atoms with Crippen LogP contribution in [0.3, 0.4) is 0 Å². The molecule has 16 rings (SSSR count). The molecule has 0 bridgehead atoms. The highest BCUT2D eigenvalue weighted by Crippen LogP contribution is 2.37. The van der Waals surface area contributed by atoms with Crippen molar-refractivity contribution in [3.8, 4) is 80.5 Å². The third-order valence-electron chi connectivity index (χ3n) is 20.9. The molecular formula is C112H104O18. The zero-order valence-corrected chi connectivity index (χ0v) is 72.5. The van der Waals surface area contributed by atoms with Gasteiger partial charge >= 0.3 is 0 Å². The van der Waals surface area contributed by atoms with Gasteiger partial charge in [-0.2, -0.15) is 0 Å². The predicted octanol–water partition coefficient (Wildman–Crippen LogP) is 23.9. The van der Waals surface area contributed by atoms with Gasteiger partial charge in [-0.25, -0.2) is 0 Å². The lowest BCUT2D eigenvalue weighted by Crippen LogP contribution is -2.16. The molecule has 130 heavy (non-hydrogen) atoms. The standard InChI is InChI=1S/C112H104O18/c1-9-25-83(26-10-1)69-119-103-51-93(52-104(63-103)120-70-84-27-11-2-12-28-84)77-127-99-47-91(48-100(61-99)128-78-94-53-105(121-71-85-29-13-3-14-30-85)64-106(54-94)122-72-86-31-15-4-16-32-86)67-115-81-97-59-111-112(118-46-44-114-42-41-113-43-45-117-111)60-98(97)82-116-68-92-49-101(129-79-95-55-107(123-73-87-33-17-5-18-34-87)65-108(56-95)124-74-88-35-19-6-20-36-88)62-102(50-92)130-80-96-57-109(125-75-89-37-21-7-22-38-89)66-110(58-96)126-76-90-39-23-8-24-40-90/h1-40,47-66H,41-46,67-82H2. The van der Waals surface area contributed by atoms with E-state index in [0.29, 0.717) is 160 Å². The molecule has 1 heterocycles. The van der Waals surface area contributed by atoms with Crippen LogP contribution >= 0.6 is 0 Å². The molecule has 0 aromatic heterocycles. The molecule has 660 valence electrons. The zero-order chi connectivity index (χ0) is 88.0. The van der Waals surface area contributed by atoms with Gasteiger partial charge in [0.15, 0.2) is 11.5 Å². The summed E-state index contributed by atoms with van der Waals surface area (Å²) in [7, 11) is 0. The summed E-state index contributed by atoms with van der Waals surface area (Å²) in [4.78, 5) is 0. The second-order valence-electron chi connectivity index (χ2n) is 31.2. The third kappa shape index (κ3) is 28.9. The number of ether oxygens (including phenoxy) is 18. The van der Waals surface area contributed by atoms with Gasteiger partial charge in [-0.1, -0.05) is 243 Å². The molecule has 18 heteroatoms. The number of fused-ring (bicyclic) bond motifs is 1. The fourth-order valence-corrected chi connectivity index (χ4v) is 14.3. The van der Waals surface area contributed by atoms with Gasteiger partial charge in [-0.05, 0) is 174 Å². The molecular weight excluding hydrogens is 1630 g/mol. The van der Waals surface area contributed by atoms with E-state index < -0.39 is 0 Å². The van der Waals surface area contributed by atoms with Crippen LogP contribution in [0.2, 0.25) is 0 Å². The fraction of sp³-hybridized carbons (Fsp3) is 0.196. The Balaban J connectivity index is 0.683. The van der Waals surface area contributed by atoms with Crippen molar-refractivity contribution in [2.45, 2.75) is 106 Å². The van der Waals surface area contributed by atoms with E-state index >= 15 is 0 Å². The quantitative estimate of drug-likeness (QED) is 0.0353. The third-order valence-corrected chi connectivity index (χ3v) is 20.9. The van der Waals surface area contributed by atoms with Gasteiger partial charge in [-0.3, -0.25) is 0 Å². The van der Waals surface area contributed by atoms with Crippen LogP contribution in [0.5, 0.6) is 80.5 Å². The minimum atomic E-state index is 0.121. The van der Waals surface area contributed by atoms with Crippen LogP contribution in [-0.2, 0) is 125 Å². The molecule has 0 amide bonds. The molecule has 18 nitrogen and oxygen atoms in total. The molecule has 0 unspecified atom stereocenters. The first-order valence-corrected chi connectivity index (χ1v) is 43.7. The van der Waals surface area contributed by atoms with E-state index in [2.05, 4.69) is 0 Å². The highest BCUT2D eigenvalue weighted by Gasteiger charge is 2.20. The lowest BCUT2D eigenvalue weighted by molar-refractivity contribution is 0.0221. The van der Waals surface area contributed by atoms with Crippen LogP contribution in [-0.4, -0.2) is 39.6 Å². The van der Waals surface area contributed by atoms with Crippen LogP contribution < -0.4 is 66.3 Å². The van der Waals surface area contributed by atoms with Crippen molar-refractivity contribution in [2.24, 2.45) is 0 Å². The van der Waals surface area contributed by atoms with Gasteiger partial charge in [0, 0.05) is 36.4 Å². The number of rotatable bonds is 44. The molecule has 0 aliphatic carbocycles. The minimum Gasteiger partial charge on any atom is -0.489 e. The normalized spacial score (nSPS) is 12.0. The van der Waals surface area contributed by atoms with Crippen LogP contribution in [0.1, 0.15) is 89.0 Å². The lowest BCUT2D eigenvalue weighted by Gasteiger charge is -2.19. The average molecular weight is 1740 g/mol. The lowest BCUT2D eigenvalue weighted by atomic mass is 10.1. The zero-order valence-electron chi connectivity index (χ0n) is 72.5. The van der Waals surface area contributed by atoms with Crippen LogP contribution in [0.25, 0.3) is 0 Å². The summed E-state index contributed by atoms with van der Waals surface area (Å²) in [5.74, 6) is 8.24. The second kappa shape index (κ2) is 47.8. The van der Waals surface area contributed by atoms with Crippen LogP contribution in [0, 0.1) is 0 Å². The molecule has 0 saturated carbocycles. The summed E-state index contributed by atoms with van der Waals surface area (Å²) in [6.45, 7) is 6.04. The fourth-order valence-electron chi connectivity index (χ4n) is 14.3. The molecule has 15 aromatic carbocycles. The molecule has 0 fully saturated rings. The second-order valence-corrected chi connectivity index (χ2v) is 31.2. The van der Waals surface area contributed by atoms with E-state index in [0.717, 1.165) is 89.0 Å². The summed E-state index contributed by atoms with van der Waals surface area (Å²) >= 11 is 0. The Hall–Kier alpha value is -14.7. The summed E-state index contributed by atoms with van der Waals surface area (Å²) in [6.07, 6.45) is 0.